The summed E-state index contributed by atoms with van der Waals surface area (Å²) in [6.07, 6.45) is 4.97. The van der Waals surface area contributed by atoms with Crippen molar-refractivity contribution in [2.75, 3.05) is 0 Å². The van der Waals surface area contributed by atoms with Crippen LogP contribution in [0.25, 0.3) is 0 Å². The molecule has 0 bridgehead atoms. The smallest absolute Gasteiger partial charge is 0.0211 e. The van der Waals surface area contributed by atoms with E-state index in [0.717, 1.165) is 6.42 Å². The van der Waals surface area contributed by atoms with Gasteiger partial charge in [-0.3, -0.25) is 0 Å². The SMILES string of the molecule is C=C[CH]C(Br)CC. The van der Waals surface area contributed by atoms with Crippen molar-refractivity contribution in [3.05, 3.63) is 19.1 Å². The van der Waals surface area contributed by atoms with Crippen molar-refractivity contribution in [1.82, 2.24) is 0 Å². The van der Waals surface area contributed by atoms with Crippen LogP contribution in [0.15, 0.2) is 12.7 Å². The fraction of sp³-hybridized carbons (Fsp3) is 0.500. The monoisotopic (exact) mass is 161 g/mol. The Morgan fingerprint density at radius 2 is 2.43 bits per heavy atom. The number of halogens is 1. The Hall–Kier alpha value is 0.220. The number of hydrogen-bond acceptors (Lipinski definition) is 0. The van der Waals surface area contributed by atoms with Crippen LogP contribution in [0, 0.1) is 6.42 Å². The van der Waals surface area contributed by atoms with E-state index in [1.807, 2.05) is 12.5 Å². The van der Waals surface area contributed by atoms with E-state index in [1.165, 1.54) is 0 Å². The van der Waals surface area contributed by atoms with Crippen molar-refractivity contribution in [2.24, 2.45) is 0 Å². The molecule has 0 saturated carbocycles. The van der Waals surface area contributed by atoms with E-state index >= 15 is 0 Å². The first-order valence-corrected chi connectivity index (χ1v) is 3.32. The largest absolute Gasteiger partial charge is 0.103 e. The molecule has 0 heterocycles. The van der Waals surface area contributed by atoms with Gasteiger partial charge in [0.25, 0.3) is 0 Å². The molecular formula is C6H10Br. The molecule has 0 spiro atoms. The minimum atomic E-state index is 0.519. The molecule has 0 N–H and O–H groups in total. The zero-order valence-corrected chi connectivity index (χ0v) is 6.11. The second-order valence-electron chi connectivity index (χ2n) is 1.35. The third kappa shape index (κ3) is 4.07. The van der Waals surface area contributed by atoms with E-state index in [1.54, 1.807) is 0 Å². The fourth-order valence-electron chi connectivity index (χ4n) is 0.284. The molecule has 1 radical (unpaired) electrons. The summed E-state index contributed by atoms with van der Waals surface area (Å²) >= 11 is 3.41. The van der Waals surface area contributed by atoms with E-state index in [2.05, 4.69) is 29.4 Å². The molecule has 0 rings (SSSR count). The zero-order valence-electron chi connectivity index (χ0n) is 4.52. The highest BCUT2D eigenvalue weighted by molar-refractivity contribution is 9.09. The lowest BCUT2D eigenvalue weighted by Gasteiger charge is -1.97. The lowest BCUT2D eigenvalue weighted by molar-refractivity contribution is 0.958. The van der Waals surface area contributed by atoms with Crippen LogP contribution in [0.4, 0.5) is 0 Å². The molecule has 0 aromatic heterocycles. The quantitative estimate of drug-likeness (QED) is 0.559. The van der Waals surface area contributed by atoms with Gasteiger partial charge in [0.2, 0.25) is 0 Å². The van der Waals surface area contributed by atoms with Gasteiger partial charge in [-0.2, -0.15) is 0 Å². The van der Waals surface area contributed by atoms with Crippen LogP contribution in [0.1, 0.15) is 13.3 Å². The average Bonchev–Trinajstić information content (AvgIpc) is 1.68. The average molecular weight is 162 g/mol. The molecule has 0 aliphatic heterocycles. The molecule has 0 aliphatic carbocycles. The van der Waals surface area contributed by atoms with Crippen molar-refractivity contribution < 1.29 is 0 Å². The van der Waals surface area contributed by atoms with Crippen LogP contribution in [0.3, 0.4) is 0 Å². The Morgan fingerprint density at radius 3 is 2.57 bits per heavy atom. The third-order valence-corrected chi connectivity index (χ3v) is 1.69. The molecule has 7 heavy (non-hydrogen) atoms. The second kappa shape index (κ2) is 4.38. The van der Waals surface area contributed by atoms with Gasteiger partial charge in [-0.15, -0.1) is 6.58 Å². The first-order chi connectivity index (χ1) is 3.31. The molecular weight excluding hydrogens is 152 g/mol. The Kier molecular flexibility index (Phi) is 4.52. The van der Waals surface area contributed by atoms with E-state index in [9.17, 15) is 0 Å². The highest BCUT2D eigenvalue weighted by Gasteiger charge is 1.93. The molecule has 0 saturated heterocycles. The topological polar surface area (TPSA) is 0 Å². The van der Waals surface area contributed by atoms with Crippen molar-refractivity contribution in [3.63, 3.8) is 0 Å². The van der Waals surface area contributed by atoms with E-state index in [4.69, 9.17) is 0 Å². The molecule has 0 nitrogen and oxygen atoms in total. The highest BCUT2D eigenvalue weighted by atomic mass is 79.9. The molecule has 1 heteroatoms. The molecule has 1 atom stereocenters. The lowest BCUT2D eigenvalue weighted by Crippen LogP contribution is -1.90. The summed E-state index contributed by atoms with van der Waals surface area (Å²) in [5.41, 5.74) is 0. The maximum absolute atomic E-state index is 3.56. The van der Waals surface area contributed by atoms with Crippen molar-refractivity contribution >= 4 is 15.9 Å². The minimum absolute atomic E-state index is 0.519. The molecule has 0 fully saturated rings. The van der Waals surface area contributed by atoms with Gasteiger partial charge in [0.1, 0.15) is 0 Å². The second-order valence-corrected chi connectivity index (χ2v) is 2.53. The number of rotatable bonds is 3. The van der Waals surface area contributed by atoms with Gasteiger partial charge in [0, 0.05) is 4.83 Å². The van der Waals surface area contributed by atoms with Crippen molar-refractivity contribution in [2.45, 2.75) is 18.2 Å². The number of alkyl halides is 1. The number of allylic oxidation sites excluding steroid dienone is 1. The predicted octanol–water partition coefficient (Wildman–Crippen LogP) is 2.55. The Balaban J connectivity index is 2.98. The van der Waals surface area contributed by atoms with Crippen molar-refractivity contribution in [3.8, 4) is 0 Å². The summed E-state index contributed by atoms with van der Waals surface area (Å²) in [5, 5.41) is 0. The van der Waals surface area contributed by atoms with Gasteiger partial charge < -0.3 is 0 Å². The van der Waals surface area contributed by atoms with Crippen LogP contribution < -0.4 is 0 Å². The van der Waals surface area contributed by atoms with Crippen molar-refractivity contribution in [1.29, 1.82) is 0 Å². The highest BCUT2D eigenvalue weighted by Crippen LogP contribution is 2.06. The summed E-state index contributed by atoms with van der Waals surface area (Å²) in [4.78, 5) is 0.519. The van der Waals surface area contributed by atoms with Crippen LogP contribution >= 0.6 is 15.9 Å². The normalized spacial score (nSPS) is 13.4. The molecule has 0 aromatic carbocycles. The summed E-state index contributed by atoms with van der Waals surface area (Å²) in [7, 11) is 0. The zero-order chi connectivity index (χ0) is 5.70. The predicted molar refractivity (Wildman–Crippen MR) is 37.5 cm³/mol. The summed E-state index contributed by atoms with van der Waals surface area (Å²) in [6, 6.07) is 0. The van der Waals surface area contributed by atoms with Crippen LogP contribution in [0.5, 0.6) is 0 Å². The fourth-order valence-corrected chi connectivity index (χ4v) is 0.500. The summed E-state index contributed by atoms with van der Waals surface area (Å²) < 4.78 is 0. The Labute approximate surface area is 53.7 Å². The van der Waals surface area contributed by atoms with Gasteiger partial charge in [-0.25, -0.2) is 0 Å². The lowest BCUT2D eigenvalue weighted by atomic mass is 10.2. The summed E-state index contributed by atoms with van der Waals surface area (Å²) in [6.45, 7) is 5.69. The molecule has 41 valence electrons. The van der Waals surface area contributed by atoms with Gasteiger partial charge in [0.05, 0.1) is 0 Å². The molecule has 1 unspecified atom stereocenters. The van der Waals surface area contributed by atoms with Crippen LogP contribution in [-0.4, -0.2) is 4.83 Å². The maximum atomic E-state index is 3.56. The standard InChI is InChI=1S/C6H10Br/c1-3-5-6(7)4-2/h3,5-6H,1,4H2,2H3. The maximum Gasteiger partial charge on any atom is 0.0211 e. The summed E-state index contributed by atoms with van der Waals surface area (Å²) in [5.74, 6) is 0. The third-order valence-electron chi connectivity index (χ3n) is 0.735. The van der Waals surface area contributed by atoms with E-state index in [-0.39, 0.29) is 0 Å². The van der Waals surface area contributed by atoms with Crippen LogP contribution in [0.2, 0.25) is 0 Å². The van der Waals surface area contributed by atoms with Crippen LogP contribution in [-0.2, 0) is 0 Å². The van der Waals surface area contributed by atoms with E-state index in [0.29, 0.717) is 4.83 Å². The van der Waals surface area contributed by atoms with Gasteiger partial charge >= 0.3 is 0 Å². The Bertz CT molecular complexity index is 50.1. The first-order valence-electron chi connectivity index (χ1n) is 2.41. The molecule has 0 aliphatic rings. The van der Waals surface area contributed by atoms with Gasteiger partial charge in [-0.05, 0) is 12.8 Å². The first kappa shape index (κ1) is 7.22. The van der Waals surface area contributed by atoms with Gasteiger partial charge in [0.15, 0.2) is 0 Å². The van der Waals surface area contributed by atoms with E-state index < -0.39 is 0 Å². The Morgan fingerprint density at radius 1 is 1.86 bits per heavy atom. The molecule has 0 amide bonds. The molecule has 0 aromatic rings. The minimum Gasteiger partial charge on any atom is -0.103 e. The van der Waals surface area contributed by atoms with Gasteiger partial charge in [-0.1, -0.05) is 28.9 Å². The number of hydrogen-bond donors (Lipinski definition) is 0.